The van der Waals surface area contributed by atoms with Crippen molar-refractivity contribution in [2.45, 2.75) is 38.8 Å². The summed E-state index contributed by atoms with van der Waals surface area (Å²) in [5.74, 6) is 4.49. The summed E-state index contributed by atoms with van der Waals surface area (Å²) in [6.07, 6.45) is 14.7. The van der Waals surface area contributed by atoms with E-state index in [9.17, 15) is 9.59 Å². The van der Waals surface area contributed by atoms with Gasteiger partial charge in [0.05, 0.1) is 28.4 Å². The maximum Gasteiger partial charge on any atom is 0.220 e. The number of amides is 2. The summed E-state index contributed by atoms with van der Waals surface area (Å²) in [6.45, 7) is 2.70. The molecule has 56 heavy (non-hydrogen) atoms. The molecule has 0 radical (unpaired) electrons. The molecular weight excluding hydrogens is 792 g/mol. The number of carbonyl (C=O) groups excluding carboxylic acids is 2. The number of aryl methyl sites for hydroxylation is 2. The highest BCUT2D eigenvalue weighted by atomic mass is 35.5. The van der Waals surface area contributed by atoms with Crippen molar-refractivity contribution in [1.29, 1.82) is 0 Å². The van der Waals surface area contributed by atoms with Gasteiger partial charge in [-0.2, -0.15) is 9.13 Å². The highest BCUT2D eigenvalue weighted by molar-refractivity contribution is 8.76. The van der Waals surface area contributed by atoms with E-state index in [4.69, 9.17) is 18.9 Å². The molecule has 0 aliphatic carbocycles. The Kier molecular flexibility index (Phi) is 23.3. The van der Waals surface area contributed by atoms with E-state index in [0.717, 1.165) is 60.0 Å². The van der Waals surface area contributed by atoms with Gasteiger partial charge in [-0.25, -0.2) is 0 Å². The molecule has 0 aliphatic rings. The van der Waals surface area contributed by atoms with Crippen LogP contribution >= 0.6 is 21.6 Å². The second-order valence-corrected chi connectivity index (χ2v) is 14.8. The molecule has 4 rings (SSSR count). The van der Waals surface area contributed by atoms with Crippen LogP contribution in [0.15, 0.2) is 85.2 Å². The molecule has 4 aromatic rings. The smallest absolute Gasteiger partial charge is 0.220 e. The third-order valence-electron chi connectivity index (χ3n) is 8.36. The van der Waals surface area contributed by atoms with Crippen LogP contribution in [-0.4, -0.2) is 64.8 Å². The van der Waals surface area contributed by atoms with E-state index in [2.05, 4.69) is 44.1 Å². The van der Waals surface area contributed by atoms with E-state index in [0.29, 0.717) is 48.9 Å². The van der Waals surface area contributed by atoms with E-state index in [1.54, 1.807) is 50.0 Å². The number of hydrogen-bond donors (Lipinski definition) is 2. The summed E-state index contributed by atoms with van der Waals surface area (Å²) in [4.78, 5) is 24.9. The van der Waals surface area contributed by atoms with Gasteiger partial charge in [-0.3, -0.25) is 9.59 Å². The Morgan fingerprint density at radius 1 is 0.571 bits per heavy atom. The second kappa shape index (κ2) is 27.3. The van der Waals surface area contributed by atoms with Gasteiger partial charge in [-0.15, -0.1) is 0 Å². The van der Waals surface area contributed by atoms with Crippen molar-refractivity contribution in [1.82, 2.24) is 10.6 Å². The van der Waals surface area contributed by atoms with Crippen LogP contribution in [0.5, 0.6) is 23.0 Å². The molecule has 0 bridgehead atoms. The summed E-state index contributed by atoms with van der Waals surface area (Å²) in [7, 11) is 9.91. The Labute approximate surface area is 351 Å². The van der Waals surface area contributed by atoms with Crippen molar-refractivity contribution in [3.8, 4) is 23.0 Å². The number of nitrogens with one attached hydrogen (secondary N) is 2. The normalized spacial score (nSPS) is 10.7. The van der Waals surface area contributed by atoms with Gasteiger partial charge in [0.1, 0.15) is 13.1 Å². The van der Waals surface area contributed by atoms with Gasteiger partial charge in [0.25, 0.3) is 0 Å². The summed E-state index contributed by atoms with van der Waals surface area (Å²) < 4.78 is 25.8. The minimum atomic E-state index is 0. The summed E-state index contributed by atoms with van der Waals surface area (Å²) in [5, 5.41) is 6.04. The molecule has 10 nitrogen and oxygen atoms in total. The second-order valence-electron chi connectivity index (χ2n) is 12.1. The zero-order chi connectivity index (χ0) is 38.4. The molecule has 2 aromatic heterocycles. The van der Waals surface area contributed by atoms with Gasteiger partial charge in [0.15, 0.2) is 35.4 Å². The molecule has 2 heterocycles. The fraction of sp³-hybridized carbons (Fsp3) is 0.333. The molecule has 0 fully saturated rings. The quantitative estimate of drug-likeness (QED) is 0.0634. The number of halogens is 2. The number of ether oxygens (including phenoxy) is 4. The van der Waals surface area contributed by atoms with Crippen LogP contribution in [0.1, 0.15) is 48.2 Å². The van der Waals surface area contributed by atoms with Crippen molar-refractivity contribution < 1.29 is 62.5 Å². The largest absolute Gasteiger partial charge is 1.00 e. The standard InChI is InChI=1S/C42H50N4O6S2.2ClH/c1-49-37-21-17-33(31-39(37)51-3)15-19-35-11-5-7-25-45(35)27-9-13-41(47)43-23-29-53-54-30-24-44-42(48)14-10-28-46-26-8-6-12-36(46)20-16-34-18-22-38(50-2)40(32-34)52-4;;/h5-8,11-12,15-22,25-26,31-32H,9-10,13-14,23-24,27-30H2,1-4H3;2*1H. The fourth-order valence-corrected chi connectivity index (χ4v) is 7.36. The van der Waals surface area contributed by atoms with Gasteiger partial charge < -0.3 is 54.4 Å². The molecule has 0 atom stereocenters. The predicted molar refractivity (Wildman–Crippen MR) is 220 cm³/mol. The van der Waals surface area contributed by atoms with E-state index >= 15 is 0 Å². The van der Waals surface area contributed by atoms with E-state index in [1.807, 2.05) is 85.2 Å². The maximum absolute atomic E-state index is 12.4. The third-order valence-corrected chi connectivity index (χ3v) is 10.8. The Morgan fingerprint density at radius 2 is 0.982 bits per heavy atom. The van der Waals surface area contributed by atoms with Crippen LogP contribution in [0.2, 0.25) is 0 Å². The van der Waals surface area contributed by atoms with Gasteiger partial charge in [0.2, 0.25) is 23.2 Å². The van der Waals surface area contributed by atoms with Crippen LogP contribution in [0.25, 0.3) is 24.3 Å². The Morgan fingerprint density at radius 3 is 1.38 bits per heavy atom. The van der Waals surface area contributed by atoms with E-state index in [-0.39, 0.29) is 36.6 Å². The lowest BCUT2D eigenvalue weighted by Gasteiger charge is -2.07. The average molecular weight is 844 g/mol. The molecular formula is C42H52Cl2N4O6S2. The number of hydrogen-bond acceptors (Lipinski definition) is 8. The number of pyridine rings is 2. The third kappa shape index (κ3) is 16.4. The first-order chi connectivity index (χ1) is 26.4. The number of methoxy groups -OCH3 is 4. The predicted octanol–water partition coefficient (Wildman–Crippen LogP) is 0.519. The van der Waals surface area contributed by atoms with Gasteiger partial charge in [-0.05, 0) is 59.7 Å². The minimum absolute atomic E-state index is 0. The Hall–Kier alpha value is -4.36. The van der Waals surface area contributed by atoms with Gasteiger partial charge in [0, 0.05) is 86.7 Å². The van der Waals surface area contributed by atoms with Crippen molar-refractivity contribution in [2.24, 2.45) is 0 Å². The topological polar surface area (TPSA) is 103 Å². The minimum Gasteiger partial charge on any atom is -1.00 e. The molecule has 14 heteroatoms. The van der Waals surface area contributed by atoms with Crippen LogP contribution in [0.3, 0.4) is 0 Å². The van der Waals surface area contributed by atoms with Gasteiger partial charge in [-0.1, -0.05) is 33.7 Å². The zero-order valence-corrected chi connectivity index (χ0v) is 35.5. The lowest BCUT2D eigenvalue weighted by atomic mass is 10.1. The molecule has 302 valence electrons. The molecule has 0 saturated carbocycles. The number of benzene rings is 2. The fourth-order valence-electron chi connectivity index (χ4n) is 5.54. The summed E-state index contributed by atoms with van der Waals surface area (Å²) in [5.41, 5.74) is 4.11. The highest BCUT2D eigenvalue weighted by Crippen LogP contribution is 2.29. The molecule has 2 amide bonds. The molecule has 0 saturated heterocycles. The van der Waals surface area contributed by atoms with Crippen molar-refractivity contribution in [3.05, 3.63) is 108 Å². The SMILES string of the molecule is COc1ccc(C=Cc2cccc[n+]2CCCC(=O)NCCSSCCNC(=O)CCC[n+]2ccccc2C=Cc2ccc(OC)c(OC)c2)cc1OC.[Cl-].[Cl-]. The lowest BCUT2D eigenvalue weighted by molar-refractivity contribution is -0.699. The monoisotopic (exact) mass is 842 g/mol. The number of nitrogens with zero attached hydrogens (tertiary/aromatic N) is 2. The summed E-state index contributed by atoms with van der Waals surface area (Å²) in [6, 6.07) is 23.7. The Bertz CT molecular complexity index is 1730. The van der Waals surface area contributed by atoms with Crippen molar-refractivity contribution >= 4 is 57.7 Å². The molecule has 0 aliphatic heterocycles. The van der Waals surface area contributed by atoms with Gasteiger partial charge >= 0.3 is 0 Å². The molecule has 2 aromatic carbocycles. The first-order valence-electron chi connectivity index (χ1n) is 18.0. The first-order valence-corrected chi connectivity index (χ1v) is 20.5. The van der Waals surface area contributed by atoms with E-state index < -0.39 is 0 Å². The first kappa shape index (κ1) is 47.8. The van der Waals surface area contributed by atoms with Crippen LogP contribution in [0.4, 0.5) is 0 Å². The molecule has 0 unspecified atom stereocenters. The van der Waals surface area contributed by atoms with Crippen LogP contribution in [0, 0.1) is 0 Å². The number of carbonyl (C=O) groups is 2. The maximum atomic E-state index is 12.4. The summed E-state index contributed by atoms with van der Waals surface area (Å²) >= 11 is 0. The molecule has 2 N–H and O–H groups in total. The van der Waals surface area contributed by atoms with Crippen LogP contribution < -0.4 is 63.5 Å². The van der Waals surface area contributed by atoms with Crippen LogP contribution in [-0.2, 0) is 22.7 Å². The average Bonchev–Trinajstić information content (AvgIpc) is 3.20. The van der Waals surface area contributed by atoms with Crippen molar-refractivity contribution in [2.75, 3.05) is 53.0 Å². The van der Waals surface area contributed by atoms with E-state index in [1.165, 1.54) is 0 Å². The molecule has 0 spiro atoms. The van der Waals surface area contributed by atoms with Crippen molar-refractivity contribution in [3.63, 3.8) is 0 Å². The highest BCUT2D eigenvalue weighted by Gasteiger charge is 2.11. The number of rotatable bonds is 23. The lowest BCUT2D eigenvalue weighted by Crippen LogP contribution is -3.00. The zero-order valence-electron chi connectivity index (χ0n) is 32.4. The number of aromatic nitrogens is 2. The Balaban J connectivity index is 0.00000541.